The summed E-state index contributed by atoms with van der Waals surface area (Å²) in [4.78, 5) is 8.72. The largest absolute Gasteiger partial charge is 0.496 e. The number of aliphatic imine (C=N–C) groups is 1. The van der Waals surface area contributed by atoms with E-state index in [-0.39, 0.29) is 0 Å². The number of ether oxygens (including phenoxy) is 3. The van der Waals surface area contributed by atoms with Gasteiger partial charge in [0.2, 0.25) is 0 Å². The average molecular weight is 345 g/mol. The van der Waals surface area contributed by atoms with Crippen LogP contribution in [-0.2, 0) is 6.54 Å². The molecule has 2 aromatic rings. The van der Waals surface area contributed by atoms with Gasteiger partial charge in [-0.3, -0.25) is 4.99 Å². The van der Waals surface area contributed by atoms with Crippen molar-refractivity contribution >= 4 is 17.6 Å². The summed E-state index contributed by atoms with van der Waals surface area (Å²) in [5.41, 5.74) is 1.75. The van der Waals surface area contributed by atoms with Gasteiger partial charge in [-0.1, -0.05) is 0 Å². The van der Waals surface area contributed by atoms with Crippen molar-refractivity contribution < 1.29 is 14.2 Å². The fourth-order valence-corrected chi connectivity index (χ4v) is 2.94. The van der Waals surface area contributed by atoms with Gasteiger partial charge < -0.3 is 14.2 Å². The second-order valence-electron chi connectivity index (χ2n) is 4.94. The first kappa shape index (κ1) is 17.8. The highest BCUT2D eigenvalue weighted by atomic mass is 32.1. The first-order valence-corrected chi connectivity index (χ1v) is 8.11. The Morgan fingerprint density at radius 1 is 1.21 bits per heavy atom. The molecule has 126 valence electrons. The van der Waals surface area contributed by atoms with Gasteiger partial charge in [0.25, 0.3) is 0 Å². The van der Waals surface area contributed by atoms with Crippen molar-refractivity contribution in [1.82, 2.24) is 4.98 Å². The quantitative estimate of drug-likeness (QED) is 0.719. The number of benzene rings is 1. The van der Waals surface area contributed by atoms with E-state index in [9.17, 15) is 5.26 Å². The van der Waals surface area contributed by atoms with Crippen LogP contribution in [0.3, 0.4) is 0 Å². The van der Waals surface area contributed by atoms with Crippen molar-refractivity contribution in [2.45, 2.75) is 19.4 Å². The molecule has 0 radical (unpaired) electrons. The van der Waals surface area contributed by atoms with Crippen molar-refractivity contribution in [2.75, 3.05) is 21.3 Å². The number of hydrogen-bond donors (Lipinski definition) is 0. The molecule has 1 atom stereocenters. The Labute approximate surface area is 145 Å². The summed E-state index contributed by atoms with van der Waals surface area (Å²) in [6.07, 6.45) is 1.62. The Balaban J connectivity index is 2.19. The van der Waals surface area contributed by atoms with E-state index in [1.54, 1.807) is 33.6 Å². The van der Waals surface area contributed by atoms with Crippen LogP contribution >= 0.6 is 11.3 Å². The van der Waals surface area contributed by atoms with Crippen LogP contribution in [0.25, 0.3) is 0 Å². The molecule has 1 heterocycles. The fraction of sp³-hybridized carbons (Fsp3) is 0.353. The van der Waals surface area contributed by atoms with Crippen molar-refractivity contribution in [3.63, 3.8) is 0 Å². The second-order valence-corrected chi connectivity index (χ2v) is 5.83. The van der Waals surface area contributed by atoms with E-state index in [0.29, 0.717) is 23.8 Å². The second kappa shape index (κ2) is 8.31. The fourth-order valence-electron chi connectivity index (χ4n) is 2.14. The molecule has 0 N–H and O–H groups in total. The Bertz CT molecular complexity index is 765. The van der Waals surface area contributed by atoms with Crippen LogP contribution in [0.4, 0.5) is 0 Å². The van der Waals surface area contributed by atoms with Crippen LogP contribution in [0.2, 0.25) is 0 Å². The molecule has 0 unspecified atom stereocenters. The van der Waals surface area contributed by atoms with Gasteiger partial charge >= 0.3 is 0 Å². The summed E-state index contributed by atoms with van der Waals surface area (Å²) in [6.45, 7) is 2.27. The molecule has 0 aliphatic carbocycles. The number of methoxy groups -OCH3 is 3. The first-order chi connectivity index (χ1) is 11.6. The lowest BCUT2D eigenvalue weighted by Crippen LogP contribution is -1.99. The Morgan fingerprint density at radius 3 is 2.42 bits per heavy atom. The molecule has 7 heteroatoms. The van der Waals surface area contributed by atoms with Crippen molar-refractivity contribution in [3.05, 3.63) is 33.8 Å². The number of nitrogens with zero attached hydrogens (tertiary/aromatic N) is 3. The summed E-state index contributed by atoms with van der Waals surface area (Å²) in [6, 6.07) is 5.79. The highest BCUT2D eigenvalue weighted by Crippen LogP contribution is 2.35. The van der Waals surface area contributed by atoms with Gasteiger partial charge in [-0.05, 0) is 13.0 Å². The number of rotatable bonds is 7. The van der Waals surface area contributed by atoms with Gasteiger partial charge in [-0.15, -0.1) is 11.3 Å². The molecular formula is C17H19N3O3S. The Morgan fingerprint density at radius 2 is 1.88 bits per heavy atom. The lowest BCUT2D eigenvalue weighted by atomic mass is 10.1. The van der Waals surface area contributed by atoms with Gasteiger partial charge in [-0.25, -0.2) is 4.98 Å². The standard InChI is InChI=1S/C17H19N3O3S/c1-11-10-24-17(20-11)13(7-18)9-19-8-12-5-15(22-3)16(23-4)6-14(12)21-2/h5-6,9-10,13H,8H2,1-4H3/t13-/m1/s1. The molecule has 2 rings (SSSR count). The molecule has 1 aromatic heterocycles. The van der Waals surface area contributed by atoms with Crippen LogP contribution < -0.4 is 14.2 Å². The number of thiazole rings is 1. The zero-order valence-corrected chi connectivity index (χ0v) is 14.9. The summed E-state index contributed by atoms with van der Waals surface area (Å²) in [7, 11) is 4.74. The smallest absolute Gasteiger partial charge is 0.164 e. The third-order valence-electron chi connectivity index (χ3n) is 3.34. The van der Waals surface area contributed by atoms with E-state index in [0.717, 1.165) is 16.3 Å². The molecule has 0 fully saturated rings. The van der Waals surface area contributed by atoms with Gasteiger partial charge in [0.1, 0.15) is 16.7 Å². The van der Waals surface area contributed by atoms with Crippen LogP contribution in [0, 0.1) is 18.3 Å². The van der Waals surface area contributed by atoms with E-state index < -0.39 is 5.92 Å². The van der Waals surface area contributed by atoms with Crippen LogP contribution in [0.15, 0.2) is 22.5 Å². The molecule has 0 saturated heterocycles. The molecule has 1 aromatic carbocycles. The monoisotopic (exact) mass is 345 g/mol. The van der Waals surface area contributed by atoms with Gasteiger partial charge in [0.15, 0.2) is 11.5 Å². The predicted octanol–water partition coefficient (Wildman–Crippen LogP) is 3.36. The maximum atomic E-state index is 9.30. The Kier molecular flexibility index (Phi) is 6.15. The lowest BCUT2D eigenvalue weighted by Gasteiger charge is -2.13. The summed E-state index contributed by atoms with van der Waals surface area (Å²) in [5.74, 6) is 1.41. The van der Waals surface area contributed by atoms with Crippen LogP contribution in [0.1, 0.15) is 22.2 Å². The molecule has 0 saturated carbocycles. The van der Waals surface area contributed by atoms with Crippen molar-refractivity contribution in [1.29, 1.82) is 5.26 Å². The maximum absolute atomic E-state index is 9.30. The van der Waals surface area contributed by atoms with E-state index in [2.05, 4.69) is 16.0 Å². The van der Waals surface area contributed by atoms with Gasteiger partial charge in [0, 0.05) is 28.9 Å². The predicted molar refractivity (Wildman–Crippen MR) is 93.5 cm³/mol. The van der Waals surface area contributed by atoms with Crippen LogP contribution in [0.5, 0.6) is 17.2 Å². The molecule has 24 heavy (non-hydrogen) atoms. The number of nitriles is 1. The van der Waals surface area contributed by atoms with Crippen molar-refractivity contribution in [3.8, 4) is 23.3 Å². The van der Waals surface area contributed by atoms with E-state index in [1.165, 1.54) is 11.3 Å². The molecule has 0 aliphatic heterocycles. The third kappa shape index (κ3) is 4.03. The normalized spacial score (nSPS) is 12.0. The molecular weight excluding hydrogens is 326 g/mol. The van der Waals surface area contributed by atoms with Gasteiger partial charge in [-0.2, -0.15) is 5.26 Å². The topological polar surface area (TPSA) is 76.7 Å². The third-order valence-corrected chi connectivity index (χ3v) is 4.39. The lowest BCUT2D eigenvalue weighted by molar-refractivity contribution is 0.347. The zero-order chi connectivity index (χ0) is 17.5. The minimum atomic E-state index is -0.449. The van der Waals surface area contributed by atoms with E-state index in [4.69, 9.17) is 14.2 Å². The zero-order valence-electron chi connectivity index (χ0n) is 14.1. The summed E-state index contributed by atoms with van der Waals surface area (Å²) >= 11 is 1.46. The first-order valence-electron chi connectivity index (χ1n) is 7.23. The highest BCUT2D eigenvalue weighted by Gasteiger charge is 2.13. The molecule has 0 spiro atoms. The van der Waals surface area contributed by atoms with E-state index >= 15 is 0 Å². The number of aromatic nitrogens is 1. The van der Waals surface area contributed by atoms with E-state index in [1.807, 2.05) is 18.4 Å². The molecule has 6 nitrogen and oxygen atoms in total. The summed E-state index contributed by atoms with van der Waals surface area (Å²) in [5, 5.41) is 12.0. The molecule has 0 bridgehead atoms. The van der Waals surface area contributed by atoms with Gasteiger partial charge in [0.05, 0.1) is 33.9 Å². The highest BCUT2D eigenvalue weighted by molar-refractivity contribution is 7.09. The van der Waals surface area contributed by atoms with Crippen molar-refractivity contribution in [2.24, 2.45) is 4.99 Å². The number of hydrogen-bond acceptors (Lipinski definition) is 7. The maximum Gasteiger partial charge on any atom is 0.164 e. The molecule has 0 amide bonds. The van der Waals surface area contributed by atoms with Crippen LogP contribution in [-0.4, -0.2) is 32.5 Å². The summed E-state index contributed by atoms with van der Waals surface area (Å²) < 4.78 is 15.9. The minimum absolute atomic E-state index is 0.367. The Hall–Kier alpha value is -2.59. The minimum Gasteiger partial charge on any atom is -0.496 e. The SMILES string of the molecule is COc1cc(OC)c(OC)cc1CN=C[C@@H](C#N)c1nc(C)cs1. The average Bonchev–Trinajstić information content (AvgIpc) is 3.04. The molecule has 0 aliphatic rings. The number of aryl methyl sites for hydroxylation is 1.